The Labute approximate surface area is 142 Å². The van der Waals surface area contributed by atoms with Gasteiger partial charge in [0.2, 0.25) is 15.9 Å². The number of hydrogen-bond donors (Lipinski definition) is 0. The van der Waals surface area contributed by atoms with Gasteiger partial charge in [-0.2, -0.15) is 4.31 Å². The quantitative estimate of drug-likeness (QED) is 0.784. The Morgan fingerprint density at radius 3 is 2.25 bits per heavy atom. The number of likely N-dealkylation sites (N-methyl/N-ethyl adjacent to an activating group) is 1. The molecule has 2 aromatic carbocycles. The Kier molecular flexibility index (Phi) is 4.01. The van der Waals surface area contributed by atoms with E-state index in [1.807, 2.05) is 49.3 Å². The van der Waals surface area contributed by atoms with Gasteiger partial charge in [-0.25, -0.2) is 8.42 Å². The number of sulfonamides is 1. The zero-order chi connectivity index (χ0) is 17.6. The summed E-state index contributed by atoms with van der Waals surface area (Å²) >= 11 is 0. The molecule has 1 aliphatic rings. The van der Waals surface area contributed by atoms with Crippen molar-refractivity contribution in [3.63, 3.8) is 0 Å². The molecule has 0 saturated carbocycles. The van der Waals surface area contributed by atoms with Crippen molar-refractivity contribution in [1.82, 2.24) is 9.21 Å². The number of benzene rings is 2. The van der Waals surface area contributed by atoms with Crippen LogP contribution in [0, 0.1) is 0 Å². The van der Waals surface area contributed by atoms with E-state index in [0.717, 1.165) is 11.1 Å². The monoisotopic (exact) mass is 347 g/mol. The smallest absolute Gasteiger partial charge is 0.244 e. The van der Waals surface area contributed by atoms with Crippen molar-refractivity contribution < 1.29 is 13.2 Å². The van der Waals surface area contributed by atoms with Gasteiger partial charge < -0.3 is 9.80 Å². The predicted molar refractivity (Wildman–Crippen MR) is 94.6 cm³/mol. The van der Waals surface area contributed by atoms with E-state index < -0.39 is 16.1 Å². The van der Waals surface area contributed by atoms with E-state index in [4.69, 9.17) is 0 Å². The molecule has 7 heteroatoms. The summed E-state index contributed by atoms with van der Waals surface area (Å²) in [5, 5.41) is 1.55. The first-order chi connectivity index (χ1) is 11.2. The number of hydrogen-bond acceptors (Lipinski definition) is 4. The van der Waals surface area contributed by atoms with Crippen LogP contribution >= 0.6 is 0 Å². The van der Waals surface area contributed by atoms with Gasteiger partial charge >= 0.3 is 0 Å². The molecule has 2 unspecified atom stereocenters. The van der Waals surface area contributed by atoms with E-state index in [1.54, 1.807) is 20.2 Å². The SMILES string of the molecule is CN(C)C(=O)C1CN1S(=O)(=O)c1ccc(N(C)C)c2ccccc12. The Hall–Kier alpha value is -2.12. The van der Waals surface area contributed by atoms with Crippen LogP contribution in [-0.2, 0) is 14.8 Å². The molecule has 0 bridgehead atoms. The highest BCUT2D eigenvalue weighted by Gasteiger charge is 2.50. The number of carbonyl (C=O) groups excluding carboxylic acids is 1. The second-order valence-electron chi connectivity index (χ2n) is 6.35. The molecular formula is C17H21N3O3S. The molecule has 1 saturated heterocycles. The van der Waals surface area contributed by atoms with Crippen LogP contribution in [0.4, 0.5) is 5.69 Å². The third-order valence-electron chi connectivity index (χ3n) is 4.22. The highest BCUT2D eigenvalue weighted by atomic mass is 32.2. The summed E-state index contributed by atoms with van der Waals surface area (Å²) in [7, 11) is 3.41. The summed E-state index contributed by atoms with van der Waals surface area (Å²) in [4.78, 5) is 15.6. The minimum atomic E-state index is -3.70. The highest BCUT2D eigenvalue weighted by Crippen LogP contribution is 2.36. The summed E-state index contributed by atoms with van der Waals surface area (Å²) in [6, 6.07) is 10.3. The Morgan fingerprint density at radius 2 is 1.67 bits per heavy atom. The van der Waals surface area contributed by atoms with Gasteiger partial charge in [-0.15, -0.1) is 0 Å². The second kappa shape index (κ2) is 5.75. The molecule has 1 amide bonds. The van der Waals surface area contributed by atoms with Gasteiger partial charge in [-0.1, -0.05) is 24.3 Å². The van der Waals surface area contributed by atoms with Gasteiger partial charge in [0, 0.05) is 51.2 Å². The molecule has 0 aromatic heterocycles. The minimum Gasteiger partial charge on any atom is -0.377 e. The summed E-state index contributed by atoms with van der Waals surface area (Å²) < 4.78 is 27.2. The molecule has 2 atom stereocenters. The largest absolute Gasteiger partial charge is 0.377 e. The lowest BCUT2D eigenvalue weighted by Crippen LogP contribution is -2.30. The fraction of sp³-hybridized carbons (Fsp3) is 0.353. The number of amides is 1. The summed E-state index contributed by atoms with van der Waals surface area (Å²) in [5.74, 6) is -0.187. The third kappa shape index (κ3) is 2.63. The first kappa shape index (κ1) is 16.7. The molecule has 0 spiro atoms. The molecule has 1 heterocycles. The lowest BCUT2D eigenvalue weighted by atomic mass is 10.1. The van der Waals surface area contributed by atoms with E-state index in [-0.39, 0.29) is 17.3 Å². The maximum Gasteiger partial charge on any atom is 0.244 e. The van der Waals surface area contributed by atoms with Gasteiger partial charge in [0.15, 0.2) is 0 Å². The molecule has 128 valence electrons. The van der Waals surface area contributed by atoms with Crippen molar-refractivity contribution in [2.45, 2.75) is 10.9 Å². The van der Waals surface area contributed by atoms with Crippen molar-refractivity contribution in [2.75, 3.05) is 39.6 Å². The van der Waals surface area contributed by atoms with Crippen molar-refractivity contribution >= 4 is 32.4 Å². The molecule has 3 rings (SSSR count). The van der Waals surface area contributed by atoms with Crippen LogP contribution in [-0.4, -0.2) is 64.3 Å². The molecule has 24 heavy (non-hydrogen) atoms. The fourth-order valence-electron chi connectivity index (χ4n) is 2.89. The number of nitrogens with zero attached hydrogens (tertiary/aromatic N) is 3. The van der Waals surface area contributed by atoms with E-state index >= 15 is 0 Å². The summed E-state index contributed by atoms with van der Waals surface area (Å²) in [6.45, 7) is 0.239. The van der Waals surface area contributed by atoms with Crippen LogP contribution in [0.15, 0.2) is 41.3 Å². The minimum absolute atomic E-state index is 0.187. The molecule has 2 aromatic rings. The fourth-order valence-corrected chi connectivity index (χ4v) is 4.60. The molecule has 0 radical (unpaired) electrons. The summed E-state index contributed by atoms with van der Waals surface area (Å²) in [5.41, 5.74) is 0.955. The number of fused-ring (bicyclic) bond motifs is 1. The van der Waals surface area contributed by atoms with E-state index in [2.05, 4.69) is 0 Å². The Bertz CT molecular complexity index is 906. The zero-order valence-corrected chi connectivity index (χ0v) is 15.0. The second-order valence-corrected chi connectivity index (χ2v) is 8.20. The number of anilines is 1. The van der Waals surface area contributed by atoms with Crippen LogP contribution in [0.5, 0.6) is 0 Å². The third-order valence-corrected chi connectivity index (χ3v) is 6.16. The molecule has 0 aliphatic carbocycles. The van der Waals surface area contributed by atoms with Gasteiger partial charge in [-0.05, 0) is 12.1 Å². The van der Waals surface area contributed by atoms with Crippen molar-refractivity contribution in [1.29, 1.82) is 0 Å². The van der Waals surface area contributed by atoms with Crippen molar-refractivity contribution in [3.05, 3.63) is 36.4 Å². The molecule has 0 N–H and O–H groups in total. The van der Waals surface area contributed by atoms with Gasteiger partial charge in [0.25, 0.3) is 0 Å². The summed E-state index contributed by atoms with van der Waals surface area (Å²) in [6.07, 6.45) is 0. The Morgan fingerprint density at radius 1 is 1.04 bits per heavy atom. The van der Waals surface area contributed by atoms with Crippen LogP contribution in [0.1, 0.15) is 0 Å². The zero-order valence-electron chi connectivity index (χ0n) is 14.2. The predicted octanol–water partition coefficient (Wildman–Crippen LogP) is 1.37. The average Bonchev–Trinajstić information content (AvgIpc) is 3.33. The first-order valence-electron chi connectivity index (χ1n) is 7.67. The molecular weight excluding hydrogens is 326 g/mol. The van der Waals surface area contributed by atoms with Gasteiger partial charge in [0.1, 0.15) is 6.04 Å². The normalized spacial score (nSPS) is 20.0. The lowest BCUT2D eigenvalue weighted by Gasteiger charge is -2.18. The molecule has 1 aliphatic heterocycles. The van der Waals surface area contributed by atoms with Gasteiger partial charge in [0.05, 0.1) is 4.90 Å². The number of rotatable bonds is 4. The topological polar surface area (TPSA) is 60.7 Å². The Balaban J connectivity index is 2.08. The van der Waals surface area contributed by atoms with Crippen LogP contribution in [0.3, 0.4) is 0 Å². The highest BCUT2D eigenvalue weighted by molar-refractivity contribution is 7.89. The van der Waals surface area contributed by atoms with E-state index in [1.165, 1.54) is 9.21 Å². The van der Waals surface area contributed by atoms with Gasteiger partial charge in [-0.3, -0.25) is 4.79 Å². The average molecular weight is 347 g/mol. The lowest BCUT2D eigenvalue weighted by molar-refractivity contribution is -0.128. The standard InChI is InChI=1S/C17H21N3O3S/c1-18(2)14-9-10-16(13-8-6-5-7-12(13)14)24(22,23)20-11-15(20)17(21)19(3)4/h5-10,15H,11H2,1-4H3. The van der Waals surface area contributed by atoms with Crippen LogP contribution in [0.25, 0.3) is 10.8 Å². The van der Waals surface area contributed by atoms with E-state index in [9.17, 15) is 13.2 Å². The number of carbonyl (C=O) groups is 1. The van der Waals surface area contributed by atoms with Crippen molar-refractivity contribution in [3.8, 4) is 0 Å². The first-order valence-corrected chi connectivity index (χ1v) is 9.11. The van der Waals surface area contributed by atoms with Crippen LogP contribution < -0.4 is 4.90 Å². The van der Waals surface area contributed by atoms with Crippen LogP contribution in [0.2, 0.25) is 0 Å². The molecule has 6 nitrogen and oxygen atoms in total. The molecule has 1 fully saturated rings. The van der Waals surface area contributed by atoms with Crippen molar-refractivity contribution in [2.24, 2.45) is 0 Å². The maximum absolute atomic E-state index is 13.0. The van der Waals surface area contributed by atoms with E-state index in [0.29, 0.717) is 5.39 Å². The maximum atomic E-state index is 13.0.